The lowest BCUT2D eigenvalue weighted by molar-refractivity contribution is -0.124. The number of nitrogens with zero attached hydrogens (tertiary/aromatic N) is 1. The molecule has 162 valence electrons. The summed E-state index contributed by atoms with van der Waals surface area (Å²) in [5, 5.41) is 14.5. The summed E-state index contributed by atoms with van der Waals surface area (Å²) in [6.45, 7) is 0.372. The van der Waals surface area contributed by atoms with Gasteiger partial charge in [0.25, 0.3) is 10.0 Å². The van der Waals surface area contributed by atoms with Gasteiger partial charge in [0.05, 0.1) is 0 Å². The van der Waals surface area contributed by atoms with Crippen molar-refractivity contribution in [1.82, 2.24) is 9.62 Å². The second kappa shape index (κ2) is 8.80. The van der Waals surface area contributed by atoms with Gasteiger partial charge in [-0.3, -0.25) is 4.79 Å². The standard InChI is InChI=1S/C19H22N2O7S2/c22-13(11-26-14-5-6-16-17(9-14)28-12-27-16)10-20-19(23)15-3-1-7-21(15)30(24,25)18-4-2-8-29-18/h2,4-6,8-9,13,15,22H,1,3,7,10-12H2,(H,20,23). The predicted octanol–water partition coefficient (Wildman–Crippen LogP) is 1.19. The highest BCUT2D eigenvalue weighted by atomic mass is 32.2. The Labute approximate surface area is 178 Å². The summed E-state index contributed by atoms with van der Waals surface area (Å²) in [6, 6.07) is 7.50. The zero-order chi connectivity index (χ0) is 21.1. The number of hydrogen-bond donors (Lipinski definition) is 2. The minimum Gasteiger partial charge on any atom is -0.491 e. The highest BCUT2D eigenvalue weighted by Crippen LogP contribution is 2.35. The summed E-state index contributed by atoms with van der Waals surface area (Å²) < 4.78 is 43.0. The number of carbonyl (C=O) groups excluding carboxylic acids is 1. The van der Waals surface area contributed by atoms with Crippen molar-refractivity contribution in [2.75, 3.05) is 26.5 Å². The fourth-order valence-electron chi connectivity index (χ4n) is 3.37. The minimum atomic E-state index is -3.70. The molecule has 2 aliphatic rings. The number of carbonyl (C=O) groups is 1. The van der Waals surface area contributed by atoms with E-state index in [1.807, 2.05) is 0 Å². The third-order valence-corrected chi connectivity index (χ3v) is 8.14. The van der Waals surface area contributed by atoms with E-state index in [4.69, 9.17) is 14.2 Å². The quantitative estimate of drug-likeness (QED) is 0.616. The molecule has 0 radical (unpaired) electrons. The Hall–Kier alpha value is -2.34. The molecule has 1 fully saturated rings. The topological polar surface area (TPSA) is 114 Å². The summed E-state index contributed by atoms with van der Waals surface area (Å²) in [4.78, 5) is 12.6. The monoisotopic (exact) mass is 454 g/mol. The van der Waals surface area contributed by atoms with E-state index in [0.717, 1.165) is 11.3 Å². The molecule has 30 heavy (non-hydrogen) atoms. The number of nitrogens with one attached hydrogen (secondary N) is 1. The molecule has 4 rings (SSSR count). The first-order valence-electron chi connectivity index (χ1n) is 9.49. The van der Waals surface area contributed by atoms with Crippen molar-refractivity contribution in [3.8, 4) is 17.2 Å². The predicted molar refractivity (Wildman–Crippen MR) is 108 cm³/mol. The van der Waals surface area contributed by atoms with E-state index in [1.165, 1.54) is 10.4 Å². The molecular weight excluding hydrogens is 432 g/mol. The van der Waals surface area contributed by atoms with Crippen molar-refractivity contribution in [3.05, 3.63) is 35.7 Å². The van der Waals surface area contributed by atoms with Crippen molar-refractivity contribution in [3.63, 3.8) is 0 Å². The number of sulfonamides is 1. The summed E-state index contributed by atoms with van der Waals surface area (Å²) in [6.07, 6.45) is 0.0988. The van der Waals surface area contributed by atoms with Crippen molar-refractivity contribution in [2.24, 2.45) is 0 Å². The van der Waals surface area contributed by atoms with Crippen molar-refractivity contribution in [2.45, 2.75) is 29.2 Å². The highest BCUT2D eigenvalue weighted by molar-refractivity contribution is 7.91. The highest BCUT2D eigenvalue weighted by Gasteiger charge is 2.39. The van der Waals surface area contributed by atoms with Crippen LogP contribution in [0.3, 0.4) is 0 Å². The average molecular weight is 455 g/mol. The second-order valence-corrected chi connectivity index (χ2v) is 10.00. The van der Waals surface area contributed by atoms with Crippen molar-refractivity contribution < 1.29 is 32.5 Å². The third-order valence-electron chi connectivity index (χ3n) is 4.86. The molecule has 2 N–H and O–H groups in total. The maximum absolute atomic E-state index is 12.8. The number of aliphatic hydroxyl groups excluding tert-OH is 1. The molecule has 2 aliphatic heterocycles. The maximum Gasteiger partial charge on any atom is 0.253 e. The maximum atomic E-state index is 12.8. The average Bonchev–Trinajstić information content (AvgIpc) is 3.50. The van der Waals surface area contributed by atoms with Gasteiger partial charge in [-0.05, 0) is 36.4 Å². The molecule has 3 heterocycles. The fraction of sp³-hybridized carbons (Fsp3) is 0.421. The largest absolute Gasteiger partial charge is 0.491 e. The Kier molecular flexibility index (Phi) is 6.14. The van der Waals surface area contributed by atoms with E-state index in [0.29, 0.717) is 36.6 Å². The lowest BCUT2D eigenvalue weighted by Crippen LogP contribution is -2.47. The molecule has 0 aliphatic carbocycles. The lowest BCUT2D eigenvalue weighted by atomic mass is 10.2. The van der Waals surface area contributed by atoms with Crippen LogP contribution in [0.25, 0.3) is 0 Å². The van der Waals surface area contributed by atoms with Gasteiger partial charge < -0.3 is 24.6 Å². The molecule has 2 aromatic rings. The van der Waals surface area contributed by atoms with Gasteiger partial charge in [0.15, 0.2) is 11.5 Å². The Morgan fingerprint density at radius 3 is 2.97 bits per heavy atom. The zero-order valence-electron chi connectivity index (χ0n) is 16.0. The summed E-state index contributed by atoms with van der Waals surface area (Å²) >= 11 is 1.13. The molecule has 1 amide bonds. The first kappa shape index (κ1) is 20.9. The first-order chi connectivity index (χ1) is 14.4. The van der Waals surface area contributed by atoms with E-state index in [1.54, 1.807) is 29.6 Å². The van der Waals surface area contributed by atoms with E-state index >= 15 is 0 Å². The van der Waals surface area contributed by atoms with Crippen LogP contribution in [0.5, 0.6) is 17.2 Å². The van der Waals surface area contributed by atoms with Crippen LogP contribution >= 0.6 is 11.3 Å². The first-order valence-corrected chi connectivity index (χ1v) is 11.8. The van der Waals surface area contributed by atoms with Gasteiger partial charge in [0.1, 0.15) is 28.7 Å². The van der Waals surface area contributed by atoms with Crippen LogP contribution in [0.1, 0.15) is 12.8 Å². The molecule has 2 unspecified atom stereocenters. The molecule has 1 aromatic heterocycles. The van der Waals surface area contributed by atoms with E-state index in [-0.39, 0.29) is 24.2 Å². The smallest absolute Gasteiger partial charge is 0.253 e. The number of thiophene rings is 1. The Morgan fingerprint density at radius 2 is 2.17 bits per heavy atom. The molecule has 9 nitrogen and oxygen atoms in total. The zero-order valence-corrected chi connectivity index (χ0v) is 17.7. The number of ether oxygens (including phenoxy) is 3. The number of fused-ring (bicyclic) bond motifs is 1. The minimum absolute atomic E-state index is 0.0399. The normalized spacial score (nSPS) is 19.6. The third kappa shape index (κ3) is 4.38. The molecule has 11 heteroatoms. The van der Waals surface area contributed by atoms with Gasteiger partial charge in [-0.2, -0.15) is 4.31 Å². The summed E-state index contributed by atoms with van der Waals surface area (Å²) in [5.74, 6) is 1.29. The molecule has 1 saturated heterocycles. The van der Waals surface area contributed by atoms with Gasteiger partial charge in [-0.15, -0.1) is 11.3 Å². The van der Waals surface area contributed by atoms with Crippen molar-refractivity contribution >= 4 is 27.3 Å². The van der Waals surface area contributed by atoms with Crippen molar-refractivity contribution in [1.29, 1.82) is 0 Å². The van der Waals surface area contributed by atoms with Gasteiger partial charge in [-0.1, -0.05) is 6.07 Å². The van der Waals surface area contributed by atoms with Crippen LogP contribution in [-0.4, -0.2) is 62.4 Å². The lowest BCUT2D eigenvalue weighted by Gasteiger charge is -2.23. The molecule has 2 atom stereocenters. The van der Waals surface area contributed by atoms with Gasteiger partial charge in [0.2, 0.25) is 12.7 Å². The SMILES string of the molecule is O=C(NCC(O)COc1ccc2c(c1)OCO2)C1CCCN1S(=O)(=O)c1cccs1. The number of hydrogen-bond acceptors (Lipinski definition) is 8. The van der Waals surface area contributed by atoms with E-state index in [9.17, 15) is 18.3 Å². The van der Waals surface area contributed by atoms with Crippen LogP contribution in [0, 0.1) is 0 Å². The summed E-state index contributed by atoms with van der Waals surface area (Å²) in [7, 11) is -3.70. The van der Waals surface area contributed by atoms with Crippen LogP contribution in [0.2, 0.25) is 0 Å². The van der Waals surface area contributed by atoms with E-state index < -0.39 is 28.1 Å². The van der Waals surface area contributed by atoms with Crippen LogP contribution in [-0.2, 0) is 14.8 Å². The van der Waals surface area contributed by atoms with Crippen LogP contribution in [0.15, 0.2) is 39.9 Å². The Morgan fingerprint density at radius 1 is 1.33 bits per heavy atom. The molecular formula is C19H22N2O7S2. The number of rotatable bonds is 8. The second-order valence-electron chi connectivity index (χ2n) is 6.93. The fourth-order valence-corrected chi connectivity index (χ4v) is 6.15. The Bertz CT molecular complexity index is 994. The van der Waals surface area contributed by atoms with Crippen LogP contribution < -0.4 is 19.5 Å². The summed E-state index contributed by atoms with van der Waals surface area (Å²) in [5.41, 5.74) is 0. The molecule has 0 spiro atoms. The van der Waals surface area contributed by atoms with Gasteiger partial charge >= 0.3 is 0 Å². The van der Waals surface area contributed by atoms with Gasteiger partial charge in [0, 0.05) is 19.2 Å². The molecule has 1 aromatic carbocycles. The number of benzene rings is 1. The van der Waals surface area contributed by atoms with E-state index in [2.05, 4.69) is 5.32 Å². The van der Waals surface area contributed by atoms with Gasteiger partial charge in [-0.25, -0.2) is 8.42 Å². The number of aliphatic hydroxyl groups is 1. The molecule has 0 saturated carbocycles. The number of amides is 1. The Balaban J connectivity index is 1.28. The van der Waals surface area contributed by atoms with Crippen LogP contribution in [0.4, 0.5) is 0 Å². The molecule has 0 bridgehead atoms.